The van der Waals surface area contributed by atoms with E-state index in [-0.39, 0.29) is 6.42 Å². The number of carbonyl (C=O) groups is 1. The average Bonchev–Trinajstić information content (AvgIpc) is 2.11. The zero-order valence-corrected chi connectivity index (χ0v) is 9.48. The molecular formula is C9H8Cl2O2S. The molecule has 5 heteroatoms. The molecular weight excluding hydrogens is 243 g/mol. The lowest BCUT2D eigenvalue weighted by Gasteiger charge is -2.07. The molecule has 0 radical (unpaired) electrons. The Morgan fingerprint density at radius 1 is 1.50 bits per heavy atom. The monoisotopic (exact) mass is 250 g/mol. The smallest absolute Gasteiger partial charge is 0.316 e. The fourth-order valence-electron chi connectivity index (χ4n) is 0.995. The Balaban J connectivity index is 2.85. The molecule has 0 fully saturated rings. The average molecular weight is 251 g/mol. The lowest BCUT2D eigenvalue weighted by Crippen LogP contribution is -2.16. The normalized spacial score (nSPS) is 12.5. The molecule has 0 saturated carbocycles. The van der Waals surface area contributed by atoms with Crippen LogP contribution in [-0.4, -0.2) is 16.3 Å². The van der Waals surface area contributed by atoms with E-state index >= 15 is 0 Å². The SMILES string of the molecule is O=C(O)C(S)Cc1cc(Cl)ccc1Cl. The molecule has 0 amide bonds. The number of halogens is 2. The second-order valence-corrected chi connectivity index (χ2v) is 4.26. The Morgan fingerprint density at radius 3 is 2.71 bits per heavy atom. The molecule has 0 heterocycles. The van der Waals surface area contributed by atoms with Gasteiger partial charge in [-0.1, -0.05) is 23.2 Å². The molecule has 1 aromatic rings. The predicted molar refractivity (Wildman–Crippen MR) is 60.6 cm³/mol. The third-order valence-corrected chi connectivity index (χ3v) is 2.71. The third-order valence-electron chi connectivity index (χ3n) is 1.71. The topological polar surface area (TPSA) is 37.3 Å². The highest BCUT2D eigenvalue weighted by molar-refractivity contribution is 7.81. The first-order valence-corrected chi connectivity index (χ1v) is 5.12. The van der Waals surface area contributed by atoms with Crippen LogP contribution in [0.1, 0.15) is 5.56 Å². The summed E-state index contributed by atoms with van der Waals surface area (Å²) < 4.78 is 0. The Hall–Kier alpha value is -0.380. The van der Waals surface area contributed by atoms with Crippen LogP contribution in [-0.2, 0) is 11.2 Å². The standard InChI is InChI=1S/C9H8Cl2O2S/c10-6-1-2-7(11)5(3-6)4-8(14)9(12)13/h1-3,8,14H,4H2,(H,12,13). The van der Waals surface area contributed by atoms with E-state index in [1.165, 1.54) is 0 Å². The van der Waals surface area contributed by atoms with Crippen LogP contribution in [0.3, 0.4) is 0 Å². The van der Waals surface area contributed by atoms with Crippen LogP contribution in [0.4, 0.5) is 0 Å². The van der Waals surface area contributed by atoms with Gasteiger partial charge in [-0.25, -0.2) is 0 Å². The molecule has 1 aromatic carbocycles. The van der Waals surface area contributed by atoms with E-state index in [0.29, 0.717) is 15.6 Å². The quantitative estimate of drug-likeness (QED) is 0.810. The molecule has 1 atom stereocenters. The van der Waals surface area contributed by atoms with E-state index in [2.05, 4.69) is 12.6 Å². The maximum absolute atomic E-state index is 10.5. The lowest BCUT2D eigenvalue weighted by atomic mass is 10.1. The molecule has 76 valence electrons. The molecule has 0 aliphatic carbocycles. The van der Waals surface area contributed by atoms with E-state index < -0.39 is 11.2 Å². The van der Waals surface area contributed by atoms with Crippen molar-refractivity contribution in [1.82, 2.24) is 0 Å². The fraction of sp³-hybridized carbons (Fsp3) is 0.222. The van der Waals surface area contributed by atoms with Gasteiger partial charge in [0, 0.05) is 10.0 Å². The minimum atomic E-state index is -0.968. The summed E-state index contributed by atoms with van der Waals surface area (Å²) >= 11 is 15.5. The molecule has 0 aliphatic heterocycles. The zero-order chi connectivity index (χ0) is 10.7. The largest absolute Gasteiger partial charge is 0.480 e. The van der Waals surface area contributed by atoms with Crippen LogP contribution in [0, 0.1) is 0 Å². The van der Waals surface area contributed by atoms with E-state index in [9.17, 15) is 4.79 Å². The summed E-state index contributed by atoms with van der Waals surface area (Å²) in [5, 5.41) is 8.94. The van der Waals surface area contributed by atoms with Gasteiger partial charge in [0.2, 0.25) is 0 Å². The van der Waals surface area contributed by atoms with Crippen molar-refractivity contribution in [2.45, 2.75) is 11.7 Å². The number of carboxylic acid groups (broad SMARTS) is 1. The van der Waals surface area contributed by atoms with Crippen LogP contribution >= 0.6 is 35.8 Å². The van der Waals surface area contributed by atoms with Gasteiger partial charge < -0.3 is 5.11 Å². The van der Waals surface area contributed by atoms with Crippen LogP contribution in [0.2, 0.25) is 10.0 Å². The highest BCUT2D eigenvalue weighted by Gasteiger charge is 2.14. The summed E-state index contributed by atoms with van der Waals surface area (Å²) in [5.74, 6) is -0.968. The van der Waals surface area contributed by atoms with Crippen molar-refractivity contribution < 1.29 is 9.90 Å². The van der Waals surface area contributed by atoms with Crippen molar-refractivity contribution in [1.29, 1.82) is 0 Å². The van der Waals surface area contributed by atoms with Crippen molar-refractivity contribution in [3.63, 3.8) is 0 Å². The molecule has 14 heavy (non-hydrogen) atoms. The number of hydrogen-bond acceptors (Lipinski definition) is 2. The van der Waals surface area contributed by atoms with E-state index in [0.717, 1.165) is 0 Å². The van der Waals surface area contributed by atoms with Gasteiger partial charge in [-0.15, -0.1) is 0 Å². The lowest BCUT2D eigenvalue weighted by molar-refractivity contribution is -0.136. The molecule has 0 spiro atoms. The molecule has 0 saturated heterocycles. The highest BCUT2D eigenvalue weighted by Crippen LogP contribution is 2.22. The second kappa shape index (κ2) is 4.91. The van der Waals surface area contributed by atoms with Gasteiger partial charge >= 0.3 is 5.97 Å². The van der Waals surface area contributed by atoms with Gasteiger partial charge in [0.25, 0.3) is 0 Å². The molecule has 0 bridgehead atoms. The zero-order valence-electron chi connectivity index (χ0n) is 7.08. The van der Waals surface area contributed by atoms with Gasteiger partial charge in [0.05, 0.1) is 0 Å². The predicted octanol–water partition coefficient (Wildman–Crippen LogP) is 2.92. The van der Waals surface area contributed by atoms with Crippen LogP contribution in [0.25, 0.3) is 0 Å². The first kappa shape index (κ1) is 11.7. The maximum Gasteiger partial charge on any atom is 0.316 e. The van der Waals surface area contributed by atoms with E-state index in [4.69, 9.17) is 28.3 Å². The number of thiol groups is 1. The van der Waals surface area contributed by atoms with Crippen molar-refractivity contribution in [2.75, 3.05) is 0 Å². The minimum Gasteiger partial charge on any atom is -0.480 e. The number of hydrogen-bond donors (Lipinski definition) is 2. The summed E-state index contributed by atoms with van der Waals surface area (Å²) in [4.78, 5) is 10.5. The summed E-state index contributed by atoms with van der Waals surface area (Å²) in [6.07, 6.45) is 0.262. The van der Waals surface area contributed by atoms with Crippen molar-refractivity contribution in [2.24, 2.45) is 0 Å². The van der Waals surface area contributed by atoms with Gasteiger partial charge in [-0.3, -0.25) is 4.79 Å². The molecule has 1 N–H and O–H groups in total. The molecule has 1 rings (SSSR count). The number of benzene rings is 1. The van der Waals surface area contributed by atoms with Gasteiger partial charge in [0.1, 0.15) is 5.25 Å². The van der Waals surface area contributed by atoms with Gasteiger partial charge in [-0.05, 0) is 30.2 Å². The van der Waals surface area contributed by atoms with E-state index in [1.54, 1.807) is 18.2 Å². The van der Waals surface area contributed by atoms with Gasteiger partial charge in [-0.2, -0.15) is 12.6 Å². The molecule has 2 nitrogen and oxygen atoms in total. The number of carboxylic acids is 1. The van der Waals surface area contributed by atoms with Crippen LogP contribution in [0.15, 0.2) is 18.2 Å². The Bertz CT molecular complexity index is 355. The summed E-state index contributed by atoms with van der Waals surface area (Å²) in [5.41, 5.74) is 0.696. The first-order chi connectivity index (χ1) is 6.50. The Labute approximate surface area is 97.2 Å². The first-order valence-electron chi connectivity index (χ1n) is 3.85. The second-order valence-electron chi connectivity index (χ2n) is 2.79. The van der Waals surface area contributed by atoms with Crippen molar-refractivity contribution in [3.05, 3.63) is 33.8 Å². The molecule has 0 aliphatic rings. The van der Waals surface area contributed by atoms with Gasteiger partial charge in [0.15, 0.2) is 0 Å². The highest BCUT2D eigenvalue weighted by atomic mass is 35.5. The molecule has 1 unspecified atom stereocenters. The van der Waals surface area contributed by atoms with E-state index in [1.807, 2.05) is 0 Å². The van der Waals surface area contributed by atoms with Crippen molar-refractivity contribution >= 4 is 41.8 Å². The van der Waals surface area contributed by atoms with Crippen LogP contribution < -0.4 is 0 Å². The maximum atomic E-state index is 10.5. The Morgan fingerprint density at radius 2 is 2.14 bits per heavy atom. The summed E-state index contributed by atoms with van der Waals surface area (Å²) in [6, 6.07) is 4.94. The summed E-state index contributed by atoms with van der Waals surface area (Å²) in [6.45, 7) is 0. The molecule has 0 aromatic heterocycles. The minimum absolute atomic E-state index is 0.262. The summed E-state index contributed by atoms with van der Waals surface area (Å²) in [7, 11) is 0. The number of aliphatic carboxylic acids is 1. The fourth-order valence-corrected chi connectivity index (χ4v) is 1.58. The number of rotatable bonds is 3. The third kappa shape index (κ3) is 3.08. The van der Waals surface area contributed by atoms with Crippen LogP contribution in [0.5, 0.6) is 0 Å². The van der Waals surface area contributed by atoms with Crippen molar-refractivity contribution in [3.8, 4) is 0 Å². The Kier molecular flexibility index (Phi) is 4.11.